The van der Waals surface area contributed by atoms with Crippen LogP contribution in [0.1, 0.15) is 45.1 Å². The van der Waals surface area contributed by atoms with Gasteiger partial charge in [-0.3, -0.25) is 0 Å². The fourth-order valence-corrected chi connectivity index (χ4v) is 2.06. The van der Waals surface area contributed by atoms with Crippen molar-refractivity contribution in [2.24, 2.45) is 0 Å². The van der Waals surface area contributed by atoms with Crippen molar-refractivity contribution in [3.8, 4) is 5.75 Å². The van der Waals surface area contributed by atoms with Gasteiger partial charge in [0.15, 0.2) is 0 Å². The molecule has 2 amide bonds. The third-order valence-corrected chi connectivity index (χ3v) is 3.43. The van der Waals surface area contributed by atoms with E-state index in [9.17, 15) is 4.79 Å². The first-order valence-corrected chi connectivity index (χ1v) is 8.07. The fraction of sp³-hybridized carbons (Fsp3) is 0.500. The van der Waals surface area contributed by atoms with E-state index in [2.05, 4.69) is 19.2 Å². The molecule has 0 aliphatic heterocycles. The summed E-state index contributed by atoms with van der Waals surface area (Å²) in [5.41, 5.74) is 0.994. The molecule has 4 nitrogen and oxygen atoms in total. The number of hydrogen-bond acceptors (Lipinski definition) is 2. The topological polar surface area (TPSA) is 41.6 Å². The quantitative estimate of drug-likeness (QED) is 0.740. The van der Waals surface area contributed by atoms with Crippen molar-refractivity contribution < 1.29 is 9.53 Å². The van der Waals surface area contributed by atoms with Crippen LogP contribution in [0.25, 0.3) is 6.08 Å². The Morgan fingerprint density at radius 1 is 1.23 bits per heavy atom. The molecule has 0 spiro atoms. The largest absolute Gasteiger partial charge is 0.497 e. The summed E-state index contributed by atoms with van der Waals surface area (Å²) in [6, 6.07) is 7.69. The highest BCUT2D eigenvalue weighted by Crippen LogP contribution is 2.13. The predicted molar refractivity (Wildman–Crippen MR) is 91.9 cm³/mol. The molecule has 0 heterocycles. The number of benzene rings is 1. The molecular formula is C18H28N2O2. The van der Waals surface area contributed by atoms with Gasteiger partial charge in [0, 0.05) is 19.3 Å². The predicted octanol–water partition coefficient (Wildman–Crippen LogP) is 4.28. The number of ether oxygens (including phenoxy) is 1. The van der Waals surface area contributed by atoms with E-state index in [4.69, 9.17) is 4.74 Å². The Bertz CT molecular complexity index is 464. The van der Waals surface area contributed by atoms with Gasteiger partial charge in [-0.2, -0.15) is 0 Å². The first-order valence-electron chi connectivity index (χ1n) is 8.07. The Labute approximate surface area is 134 Å². The van der Waals surface area contributed by atoms with Crippen LogP contribution >= 0.6 is 0 Å². The van der Waals surface area contributed by atoms with E-state index in [1.54, 1.807) is 13.3 Å². The van der Waals surface area contributed by atoms with Crippen molar-refractivity contribution in [3.05, 3.63) is 36.0 Å². The zero-order valence-corrected chi connectivity index (χ0v) is 14.0. The normalized spacial score (nSPS) is 10.7. The maximum absolute atomic E-state index is 12.2. The van der Waals surface area contributed by atoms with Crippen LogP contribution in [-0.2, 0) is 0 Å². The van der Waals surface area contributed by atoms with Gasteiger partial charge in [0.05, 0.1) is 7.11 Å². The number of urea groups is 1. The lowest BCUT2D eigenvalue weighted by molar-refractivity contribution is 0.200. The molecule has 0 aliphatic rings. The smallest absolute Gasteiger partial charge is 0.321 e. The second-order valence-electron chi connectivity index (χ2n) is 5.25. The molecule has 0 saturated carbocycles. The van der Waals surface area contributed by atoms with E-state index in [-0.39, 0.29) is 6.03 Å². The first kappa shape index (κ1) is 18.1. The van der Waals surface area contributed by atoms with Gasteiger partial charge in [-0.15, -0.1) is 0 Å². The lowest BCUT2D eigenvalue weighted by Crippen LogP contribution is -2.38. The molecule has 0 aliphatic carbocycles. The van der Waals surface area contributed by atoms with E-state index in [0.29, 0.717) is 0 Å². The van der Waals surface area contributed by atoms with Crippen molar-refractivity contribution in [1.82, 2.24) is 10.2 Å². The molecule has 0 saturated heterocycles. The van der Waals surface area contributed by atoms with Crippen LogP contribution < -0.4 is 10.1 Å². The minimum Gasteiger partial charge on any atom is -0.497 e. The molecule has 0 atom stereocenters. The molecular weight excluding hydrogens is 276 g/mol. The zero-order chi connectivity index (χ0) is 16.2. The van der Waals surface area contributed by atoms with Gasteiger partial charge in [0.1, 0.15) is 5.75 Å². The summed E-state index contributed by atoms with van der Waals surface area (Å²) in [6.45, 7) is 5.90. The molecule has 0 unspecified atom stereocenters. The van der Waals surface area contributed by atoms with E-state index < -0.39 is 0 Å². The van der Waals surface area contributed by atoms with Gasteiger partial charge in [0.2, 0.25) is 0 Å². The third-order valence-electron chi connectivity index (χ3n) is 3.43. The monoisotopic (exact) mass is 304 g/mol. The number of nitrogens with zero attached hydrogens (tertiary/aromatic N) is 1. The van der Waals surface area contributed by atoms with Gasteiger partial charge >= 0.3 is 6.03 Å². The molecule has 0 aromatic heterocycles. The van der Waals surface area contributed by atoms with E-state index in [1.807, 2.05) is 35.2 Å². The Hall–Kier alpha value is -1.97. The van der Waals surface area contributed by atoms with Crippen molar-refractivity contribution in [2.75, 3.05) is 20.2 Å². The lowest BCUT2D eigenvalue weighted by atomic mass is 10.2. The average molecular weight is 304 g/mol. The second kappa shape index (κ2) is 10.7. The van der Waals surface area contributed by atoms with Crippen LogP contribution in [0.2, 0.25) is 0 Å². The van der Waals surface area contributed by atoms with Gasteiger partial charge in [-0.25, -0.2) is 4.79 Å². The highest BCUT2D eigenvalue weighted by Gasteiger charge is 2.10. The lowest BCUT2D eigenvalue weighted by Gasteiger charge is -2.21. The molecule has 122 valence electrons. The van der Waals surface area contributed by atoms with E-state index in [1.165, 1.54) is 0 Å². The second-order valence-corrected chi connectivity index (χ2v) is 5.25. The van der Waals surface area contributed by atoms with E-state index in [0.717, 1.165) is 50.1 Å². The first-order chi connectivity index (χ1) is 10.7. The van der Waals surface area contributed by atoms with Gasteiger partial charge in [-0.1, -0.05) is 38.8 Å². The number of rotatable bonds is 9. The van der Waals surface area contributed by atoms with E-state index >= 15 is 0 Å². The number of methoxy groups -OCH3 is 1. The third kappa shape index (κ3) is 6.66. The number of carbonyl (C=O) groups is 1. The molecule has 0 fully saturated rings. The Kier molecular flexibility index (Phi) is 8.80. The number of unbranched alkanes of at least 4 members (excludes halogenated alkanes) is 2. The average Bonchev–Trinajstić information content (AvgIpc) is 2.55. The summed E-state index contributed by atoms with van der Waals surface area (Å²) < 4.78 is 5.18. The maximum atomic E-state index is 12.2. The summed E-state index contributed by atoms with van der Waals surface area (Å²) in [5, 5.41) is 2.85. The summed E-state index contributed by atoms with van der Waals surface area (Å²) in [5.74, 6) is 0.806. The van der Waals surface area contributed by atoms with Crippen LogP contribution in [0.3, 0.4) is 0 Å². The van der Waals surface area contributed by atoms with Gasteiger partial charge < -0.3 is 15.0 Å². The molecule has 1 aromatic rings. The Balaban J connectivity index is 2.54. The molecule has 0 radical (unpaired) electrons. The maximum Gasteiger partial charge on any atom is 0.321 e. The fourth-order valence-electron chi connectivity index (χ4n) is 2.06. The molecule has 4 heteroatoms. The zero-order valence-electron chi connectivity index (χ0n) is 14.0. The molecule has 0 bridgehead atoms. The van der Waals surface area contributed by atoms with Crippen molar-refractivity contribution >= 4 is 12.1 Å². The van der Waals surface area contributed by atoms with Crippen LogP contribution in [0.15, 0.2) is 30.5 Å². The van der Waals surface area contributed by atoms with Crippen molar-refractivity contribution in [3.63, 3.8) is 0 Å². The number of amides is 2. The summed E-state index contributed by atoms with van der Waals surface area (Å²) in [6.07, 6.45) is 7.83. The SMILES string of the molecule is CCCCN(CCCC)C(=O)N/C=C/c1cccc(OC)c1. The molecule has 1 rings (SSSR count). The van der Waals surface area contributed by atoms with Crippen LogP contribution in [0.4, 0.5) is 4.79 Å². The van der Waals surface area contributed by atoms with Crippen molar-refractivity contribution in [1.29, 1.82) is 0 Å². The highest BCUT2D eigenvalue weighted by atomic mass is 16.5. The molecule has 1 N–H and O–H groups in total. The Morgan fingerprint density at radius 3 is 2.50 bits per heavy atom. The van der Waals surface area contributed by atoms with Crippen LogP contribution in [0.5, 0.6) is 5.75 Å². The minimum atomic E-state index is -0.0268. The summed E-state index contributed by atoms with van der Waals surface area (Å²) in [7, 11) is 1.64. The summed E-state index contributed by atoms with van der Waals surface area (Å²) in [4.78, 5) is 14.1. The molecule has 22 heavy (non-hydrogen) atoms. The number of nitrogens with one attached hydrogen (secondary N) is 1. The van der Waals surface area contributed by atoms with Crippen LogP contribution in [-0.4, -0.2) is 31.1 Å². The van der Waals surface area contributed by atoms with Crippen molar-refractivity contribution in [2.45, 2.75) is 39.5 Å². The van der Waals surface area contributed by atoms with Gasteiger partial charge in [-0.05, 0) is 36.6 Å². The van der Waals surface area contributed by atoms with Gasteiger partial charge in [0.25, 0.3) is 0 Å². The Morgan fingerprint density at radius 2 is 1.91 bits per heavy atom. The molecule has 1 aromatic carbocycles. The number of carbonyl (C=O) groups excluding carboxylic acids is 1. The van der Waals surface area contributed by atoms with Crippen LogP contribution in [0, 0.1) is 0 Å². The number of hydrogen-bond donors (Lipinski definition) is 1. The summed E-state index contributed by atoms with van der Waals surface area (Å²) >= 11 is 0. The minimum absolute atomic E-state index is 0.0268. The standard InChI is InChI=1S/C18H28N2O2/c1-4-6-13-20(14-7-5-2)18(21)19-12-11-16-9-8-10-17(15-16)22-3/h8-12,15H,4-7,13-14H2,1-3H3,(H,19,21)/b12-11+. The highest BCUT2D eigenvalue weighted by molar-refractivity contribution is 5.76.